The Kier molecular flexibility index (Phi) is 62.0. The molecule has 0 aliphatic carbocycles. The van der Waals surface area contributed by atoms with Crippen molar-refractivity contribution in [3.63, 3.8) is 0 Å². The highest BCUT2D eigenvalue weighted by Gasteiger charge is 2.18. The van der Waals surface area contributed by atoms with E-state index in [2.05, 4.69) is 43.5 Å². The third-order valence-electron chi connectivity index (χ3n) is 15.4. The Morgan fingerprint density at radius 2 is 0.676 bits per heavy atom. The van der Waals surface area contributed by atoms with Crippen LogP contribution in [0, 0.1) is 0 Å². The molecule has 6 heteroatoms. The highest BCUT2D eigenvalue weighted by Crippen LogP contribution is 2.18. The van der Waals surface area contributed by atoms with Crippen LogP contribution in [0.5, 0.6) is 0 Å². The molecular weight excluding hydrogens is 911 g/mol. The van der Waals surface area contributed by atoms with E-state index in [0.29, 0.717) is 19.4 Å². The van der Waals surface area contributed by atoms with Gasteiger partial charge < -0.3 is 20.3 Å². The average Bonchev–Trinajstić information content (AvgIpc) is 3.40. The van der Waals surface area contributed by atoms with Gasteiger partial charge in [0.15, 0.2) is 0 Å². The van der Waals surface area contributed by atoms with E-state index in [1.165, 1.54) is 283 Å². The number of carbonyl (C=O) groups excluding carboxylic acids is 2. The molecular formula is C68H129NO5. The second-order valence-electron chi connectivity index (χ2n) is 22.8. The van der Waals surface area contributed by atoms with Gasteiger partial charge in [0.25, 0.3) is 0 Å². The summed E-state index contributed by atoms with van der Waals surface area (Å²) in [6.07, 6.45) is 80.5. The first-order valence-corrected chi connectivity index (χ1v) is 33.3. The summed E-state index contributed by atoms with van der Waals surface area (Å²) < 4.78 is 5.50. The first-order valence-electron chi connectivity index (χ1n) is 33.3. The number of esters is 1. The van der Waals surface area contributed by atoms with Gasteiger partial charge in [-0.2, -0.15) is 0 Å². The third-order valence-corrected chi connectivity index (χ3v) is 15.4. The summed E-state index contributed by atoms with van der Waals surface area (Å²) in [4.78, 5) is 24.6. The number of allylic oxidation sites excluding steroid dienone is 5. The molecule has 3 N–H and O–H groups in total. The highest BCUT2D eigenvalue weighted by atomic mass is 16.5. The van der Waals surface area contributed by atoms with E-state index in [-0.39, 0.29) is 18.5 Å². The smallest absolute Gasteiger partial charge is 0.305 e. The van der Waals surface area contributed by atoms with E-state index in [1.807, 2.05) is 6.08 Å². The van der Waals surface area contributed by atoms with Gasteiger partial charge in [-0.25, -0.2) is 0 Å². The molecule has 0 heterocycles. The van der Waals surface area contributed by atoms with Crippen LogP contribution in [0.2, 0.25) is 0 Å². The third kappa shape index (κ3) is 59.3. The van der Waals surface area contributed by atoms with Gasteiger partial charge in [0, 0.05) is 12.8 Å². The summed E-state index contributed by atoms with van der Waals surface area (Å²) in [7, 11) is 0. The maximum Gasteiger partial charge on any atom is 0.305 e. The molecule has 2 atom stereocenters. The van der Waals surface area contributed by atoms with Crippen molar-refractivity contribution in [2.24, 2.45) is 0 Å². The zero-order chi connectivity index (χ0) is 53.6. The molecule has 0 bridgehead atoms. The number of aliphatic hydroxyl groups excluding tert-OH is 2. The molecule has 0 aromatic heterocycles. The molecule has 0 aliphatic heterocycles. The summed E-state index contributed by atoms with van der Waals surface area (Å²) in [5.74, 6) is -0.0642. The molecule has 0 aromatic carbocycles. The molecule has 0 rings (SSSR count). The van der Waals surface area contributed by atoms with Crippen molar-refractivity contribution in [3.05, 3.63) is 36.5 Å². The molecule has 0 fully saturated rings. The second-order valence-corrected chi connectivity index (χ2v) is 22.8. The van der Waals surface area contributed by atoms with E-state index in [9.17, 15) is 19.8 Å². The fourth-order valence-corrected chi connectivity index (χ4v) is 10.3. The number of unbranched alkanes of at least 4 members (excludes halogenated alkanes) is 47. The number of hydrogen-bond donors (Lipinski definition) is 3. The normalized spacial score (nSPS) is 12.8. The Hall–Kier alpha value is -1.92. The van der Waals surface area contributed by atoms with Crippen molar-refractivity contribution in [2.45, 2.75) is 373 Å². The molecule has 0 saturated heterocycles. The van der Waals surface area contributed by atoms with Gasteiger partial charge in [-0.1, -0.05) is 320 Å². The summed E-state index contributed by atoms with van der Waals surface area (Å²) in [5, 5.41) is 23.2. The summed E-state index contributed by atoms with van der Waals surface area (Å²) in [6, 6.07) is -0.630. The van der Waals surface area contributed by atoms with Crippen molar-refractivity contribution >= 4 is 11.9 Å². The molecule has 0 saturated carbocycles. The zero-order valence-electron chi connectivity index (χ0n) is 49.8. The van der Waals surface area contributed by atoms with Crippen LogP contribution in [0.1, 0.15) is 361 Å². The van der Waals surface area contributed by atoms with Crippen LogP contribution in [0.3, 0.4) is 0 Å². The monoisotopic (exact) mass is 1040 g/mol. The largest absolute Gasteiger partial charge is 0.466 e. The van der Waals surface area contributed by atoms with Gasteiger partial charge in [-0.05, 0) is 64.2 Å². The van der Waals surface area contributed by atoms with Gasteiger partial charge in [-0.3, -0.25) is 9.59 Å². The van der Waals surface area contributed by atoms with E-state index < -0.39 is 12.1 Å². The van der Waals surface area contributed by atoms with Crippen LogP contribution in [-0.2, 0) is 14.3 Å². The zero-order valence-corrected chi connectivity index (χ0v) is 49.8. The number of carbonyl (C=O) groups is 2. The van der Waals surface area contributed by atoms with Crippen molar-refractivity contribution in [3.8, 4) is 0 Å². The van der Waals surface area contributed by atoms with Crippen LogP contribution in [-0.4, -0.2) is 47.4 Å². The first-order chi connectivity index (χ1) is 36.5. The Labute approximate surface area is 462 Å². The number of rotatable bonds is 62. The minimum absolute atomic E-state index is 0.00304. The SMILES string of the molecule is CCCCCC/C=C\C/C=C\CCCCCCCCCC(=O)OCCCCCCCCCCCCCCCCCCCCCCC(=O)NC(CO)C(O)/C=C/CCCCCCCCCCCCCCCCCCC. The van der Waals surface area contributed by atoms with Crippen LogP contribution in [0.15, 0.2) is 36.5 Å². The van der Waals surface area contributed by atoms with E-state index >= 15 is 0 Å². The molecule has 1 amide bonds. The number of nitrogens with one attached hydrogen (secondary N) is 1. The Bertz CT molecular complexity index is 1200. The lowest BCUT2D eigenvalue weighted by molar-refractivity contribution is -0.143. The van der Waals surface area contributed by atoms with Crippen LogP contribution in [0.4, 0.5) is 0 Å². The maximum absolute atomic E-state index is 12.5. The lowest BCUT2D eigenvalue weighted by atomic mass is 10.0. The summed E-state index contributed by atoms with van der Waals surface area (Å²) >= 11 is 0. The fourth-order valence-electron chi connectivity index (χ4n) is 10.3. The predicted octanol–water partition coefficient (Wildman–Crippen LogP) is 21.1. The number of ether oxygens (including phenoxy) is 1. The van der Waals surface area contributed by atoms with Crippen molar-refractivity contribution in [1.29, 1.82) is 0 Å². The van der Waals surface area contributed by atoms with Crippen molar-refractivity contribution < 1.29 is 24.5 Å². The lowest BCUT2D eigenvalue weighted by Crippen LogP contribution is -2.45. The minimum Gasteiger partial charge on any atom is -0.466 e. The Balaban J connectivity index is 3.42. The first kappa shape index (κ1) is 72.1. The van der Waals surface area contributed by atoms with Gasteiger partial charge >= 0.3 is 5.97 Å². The van der Waals surface area contributed by atoms with E-state index in [4.69, 9.17) is 4.74 Å². The van der Waals surface area contributed by atoms with Crippen molar-refractivity contribution in [2.75, 3.05) is 13.2 Å². The van der Waals surface area contributed by atoms with E-state index in [1.54, 1.807) is 6.08 Å². The fraction of sp³-hybridized carbons (Fsp3) is 0.882. The lowest BCUT2D eigenvalue weighted by Gasteiger charge is -2.20. The molecule has 0 radical (unpaired) electrons. The standard InChI is InChI=1S/C68H129NO5/c1-3-5-7-9-11-13-15-17-19-21-25-28-32-36-40-44-48-52-56-60-66(71)65(64-70)69-67(72)61-57-53-49-45-41-37-33-29-26-23-24-27-31-35-39-43-47-51-55-59-63-74-68(73)62-58-54-50-46-42-38-34-30-22-20-18-16-14-12-10-8-6-4-2/h14,16,20,22,56,60,65-66,70-71H,3-13,15,17-19,21,23-55,57-59,61-64H2,1-2H3,(H,69,72)/b16-14-,22-20-,60-56+. The molecule has 2 unspecified atom stereocenters. The maximum atomic E-state index is 12.5. The number of aliphatic hydroxyl groups is 2. The molecule has 436 valence electrons. The molecule has 6 nitrogen and oxygen atoms in total. The number of hydrogen-bond acceptors (Lipinski definition) is 5. The van der Waals surface area contributed by atoms with Gasteiger partial charge in [0.05, 0.1) is 25.4 Å². The number of amides is 1. The molecule has 74 heavy (non-hydrogen) atoms. The van der Waals surface area contributed by atoms with Crippen LogP contribution < -0.4 is 5.32 Å². The molecule has 0 aliphatic rings. The quantitative estimate of drug-likeness (QED) is 0.0320. The van der Waals surface area contributed by atoms with Gasteiger partial charge in [-0.15, -0.1) is 0 Å². The second kappa shape index (κ2) is 63.6. The van der Waals surface area contributed by atoms with Crippen molar-refractivity contribution in [1.82, 2.24) is 5.32 Å². The van der Waals surface area contributed by atoms with Gasteiger partial charge in [0.1, 0.15) is 0 Å². The highest BCUT2D eigenvalue weighted by molar-refractivity contribution is 5.76. The Morgan fingerprint density at radius 1 is 0.378 bits per heavy atom. The van der Waals surface area contributed by atoms with Gasteiger partial charge in [0.2, 0.25) is 5.91 Å². The Morgan fingerprint density at radius 3 is 1.04 bits per heavy atom. The van der Waals surface area contributed by atoms with Crippen LogP contribution in [0.25, 0.3) is 0 Å². The van der Waals surface area contributed by atoms with E-state index in [0.717, 1.165) is 51.4 Å². The minimum atomic E-state index is -0.847. The topological polar surface area (TPSA) is 95.9 Å². The predicted molar refractivity (Wildman–Crippen MR) is 324 cm³/mol. The summed E-state index contributed by atoms with van der Waals surface area (Å²) in [5.41, 5.74) is 0. The molecule has 0 aromatic rings. The van der Waals surface area contributed by atoms with Crippen LogP contribution >= 0.6 is 0 Å². The molecule has 0 spiro atoms. The average molecular weight is 1040 g/mol. The summed E-state index contributed by atoms with van der Waals surface area (Å²) in [6.45, 7) is 4.91.